The van der Waals surface area contributed by atoms with Gasteiger partial charge in [-0.3, -0.25) is 9.78 Å². The van der Waals surface area contributed by atoms with Gasteiger partial charge in [-0.1, -0.05) is 11.8 Å². The van der Waals surface area contributed by atoms with E-state index in [2.05, 4.69) is 35.5 Å². The number of rotatable bonds is 6. The van der Waals surface area contributed by atoms with E-state index < -0.39 is 0 Å². The van der Waals surface area contributed by atoms with Crippen LogP contribution in [-0.2, 0) is 0 Å². The number of aryl methyl sites for hydroxylation is 2. The molecule has 0 atom stereocenters. The van der Waals surface area contributed by atoms with E-state index in [0.29, 0.717) is 21.7 Å². The van der Waals surface area contributed by atoms with Crippen molar-refractivity contribution in [3.63, 3.8) is 0 Å². The van der Waals surface area contributed by atoms with E-state index >= 15 is 0 Å². The zero-order valence-electron chi connectivity index (χ0n) is 15.4. The molecule has 0 aliphatic rings. The van der Waals surface area contributed by atoms with Gasteiger partial charge in [-0.2, -0.15) is 0 Å². The fourth-order valence-electron chi connectivity index (χ4n) is 2.31. The van der Waals surface area contributed by atoms with Gasteiger partial charge in [-0.25, -0.2) is 9.97 Å². The molecule has 8 nitrogen and oxygen atoms in total. The number of H-pyrrole nitrogens is 1. The van der Waals surface area contributed by atoms with Crippen LogP contribution >= 0.6 is 34.9 Å². The first-order chi connectivity index (χ1) is 14.1. The third kappa shape index (κ3) is 5.00. The molecule has 0 radical (unpaired) electrons. The predicted octanol–water partition coefficient (Wildman–Crippen LogP) is 4.22. The van der Waals surface area contributed by atoms with Crippen molar-refractivity contribution in [2.45, 2.75) is 33.8 Å². The molecule has 0 aliphatic carbocycles. The fourth-order valence-corrected chi connectivity index (χ4v) is 4.39. The van der Waals surface area contributed by atoms with Crippen molar-refractivity contribution < 1.29 is 4.79 Å². The third-order valence-electron chi connectivity index (χ3n) is 3.62. The van der Waals surface area contributed by atoms with Gasteiger partial charge in [0.05, 0.1) is 5.01 Å². The van der Waals surface area contributed by atoms with E-state index in [1.54, 1.807) is 11.6 Å². The molecular formula is C18H15N7OS3. The largest absolute Gasteiger partial charge is 0.322 e. The minimum absolute atomic E-state index is 0.311. The first-order valence-corrected chi connectivity index (χ1v) is 11.0. The number of pyridine rings is 2. The number of nitrogens with one attached hydrogen (secondary N) is 2. The molecular weight excluding hydrogens is 426 g/mol. The molecule has 11 heteroatoms. The van der Waals surface area contributed by atoms with Crippen molar-refractivity contribution in [3.05, 3.63) is 58.6 Å². The van der Waals surface area contributed by atoms with Crippen LogP contribution in [0.25, 0.3) is 0 Å². The van der Waals surface area contributed by atoms with Crippen molar-refractivity contribution in [2.75, 3.05) is 5.32 Å². The average Bonchev–Trinajstić information content (AvgIpc) is 3.36. The Morgan fingerprint density at radius 1 is 1.14 bits per heavy atom. The van der Waals surface area contributed by atoms with E-state index in [4.69, 9.17) is 0 Å². The summed E-state index contributed by atoms with van der Waals surface area (Å²) in [6.07, 6.45) is 3.28. The molecule has 4 heterocycles. The molecule has 0 aromatic carbocycles. The molecule has 0 saturated heterocycles. The lowest BCUT2D eigenvalue weighted by Crippen LogP contribution is -2.15. The van der Waals surface area contributed by atoms with E-state index in [1.807, 2.05) is 38.1 Å². The summed E-state index contributed by atoms with van der Waals surface area (Å²) >= 11 is 4.21. The number of thiazole rings is 1. The van der Waals surface area contributed by atoms with Crippen molar-refractivity contribution in [2.24, 2.45) is 0 Å². The van der Waals surface area contributed by atoms with Crippen LogP contribution in [0.2, 0.25) is 0 Å². The van der Waals surface area contributed by atoms with Crippen molar-refractivity contribution in [1.82, 2.24) is 30.1 Å². The number of hydrogen-bond acceptors (Lipinski definition) is 9. The van der Waals surface area contributed by atoms with E-state index in [1.165, 1.54) is 41.2 Å². The quantitative estimate of drug-likeness (QED) is 0.458. The lowest BCUT2D eigenvalue weighted by atomic mass is 10.3. The normalized spacial score (nSPS) is 10.8. The van der Waals surface area contributed by atoms with Gasteiger partial charge in [0, 0.05) is 27.1 Å². The van der Waals surface area contributed by atoms with Gasteiger partial charge >= 0.3 is 0 Å². The maximum Gasteiger partial charge on any atom is 0.276 e. The Morgan fingerprint density at radius 2 is 2.03 bits per heavy atom. The zero-order chi connectivity index (χ0) is 20.2. The van der Waals surface area contributed by atoms with E-state index in [9.17, 15) is 4.79 Å². The number of carbonyl (C=O) groups is 1. The number of nitrogens with zero attached hydrogens (tertiary/aromatic N) is 5. The van der Waals surface area contributed by atoms with Crippen molar-refractivity contribution >= 4 is 46.6 Å². The first kappa shape index (κ1) is 19.6. The van der Waals surface area contributed by atoms with Crippen LogP contribution in [0.4, 0.5) is 5.82 Å². The molecule has 0 bridgehead atoms. The van der Waals surface area contributed by atoms with Crippen LogP contribution in [-0.4, -0.2) is 36.0 Å². The number of hydrogen-bond donors (Lipinski definition) is 2. The number of aromatic nitrogens is 6. The van der Waals surface area contributed by atoms with Gasteiger partial charge in [-0.05, 0) is 49.9 Å². The van der Waals surface area contributed by atoms with Crippen LogP contribution < -0.4 is 5.32 Å². The molecule has 2 N–H and O–H groups in total. The number of carbonyl (C=O) groups excluding carboxylic acids is 1. The van der Waals surface area contributed by atoms with Crippen LogP contribution in [0.5, 0.6) is 0 Å². The average molecular weight is 442 g/mol. The smallest absolute Gasteiger partial charge is 0.276 e. The minimum Gasteiger partial charge on any atom is -0.322 e. The van der Waals surface area contributed by atoms with Gasteiger partial charge in [0.2, 0.25) is 0 Å². The lowest BCUT2D eigenvalue weighted by Gasteiger charge is -2.10. The predicted molar refractivity (Wildman–Crippen MR) is 113 cm³/mol. The van der Waals surface area contributed by atoms with E-state index in [0.717, 1.165) is 20.5 Å². The molecule has 4 rings (SSSR count). The van der Waals surface area contributed by atoms with Crippen LogP contribution in [0.15, 0.2) is 62.1 Å². The number of anilines is 1. The van der Waals surface area contributed by atoms with Crippen molar-refractivity contribution in [1.29, 1.82) is 0 Å². The summed E-state index contributed by atoms with van der Waals surface area (Å²) in [7, 11) is 0. The monoisotopic (exact) mass is 441 g/mol. The van der Waals surface area contributed by atoms with Gasteiger partial charge < -0.3 is 10.3 Å². The third-order valence-corrected chi connectivity index (χ3v) is 6.25. The van der Waals surface area contributed by atoms with Crippen molar-refractivity contribution in [3.8, 4) is 0 Å². The lowest BCUT2D eigenvalue weighted by molar-refractivity contribution is 0.101. The molecule has 0 spiro atoms. The summed E-state index contributed by atoms with van der Waals surface area (Å²) in [5.41, 5.74) is 1.24. The van der Waals surface area contributed by atoms with Crippen LogP contribution in [0.3, 0.4) is 0 Å². The highest BCUT2D eigenvalue weighted by molar-refractivity contribution is 7.99. The summed E-state index contributed by atoms with van der Waals surface area (Å²) in [6.45, 7) is 3.82. The molecule has 0 aliphatic heterocycles. The topological polar surface area (TPSA) is 109 Å². The second-order valence-electron chi connectivity index (χ2n) is 5.84. The molecule has 4 aromatic rings. The van der Waals surface area contributed by atoms with Gasteiger partial charge in [0.15, 0.2) is 5.16 Å². The maximum absolute atomic E-state index is 13.0. The standard InChI is InChI=1S/C18H15N7OS3/c1-10-3-4-12(7-19-10)28-13-5-6-15(29-18-20-9-21-25-18)24-16(13)17(26)23-14-8-27-11(2)22-14/h3-9H,1-2H3,(H,23,26)(H,20,21,25). The fraction of sp³-hybridized carbons (Fsp3) is 0.111. The molecule has 0 fully saturated rings. The summed E-state index contributed by atoms with van der Waals surface area (Å²) in [5, 5.41) is 14.4. The first-order valence-electron chi connectivity index (χ1n) is 8.46. The Balaban J connectivity index is 1.64. The summed E-state index contributed by atoms with van der Waals surface area (Å²) in [6, 6.07) is 7.62. The Morgan fingerprint density at radius 3 is 2.72 bits per heavy atom. The molecule has 29 heavy (non-hydrogen) atoms. The second-order valence-corrected chi connectivity index (χ2v) is 9.02. The van der Waals surface area contributed by atoms with Crippen LogP contribution in [0, 0.1) is 13.8 Å². The molecule has 146 valence electrons. The molecule has 1 amide bonds. The second kappa shape index (κ2) is 8.72. The zero-order valence-corrected chi connectivity index (χ0v) is 17.9. The van der Waals surface area contributed by atoms with E-state index in [-0.39, 0.29) is 5.91 Å². The highest BCUT2D eigenvalue weighted by Crippen LogP contribution is 2.32. The summed E-state index contributed by atoms with van der Waals surface area (Å²) in [4.78, 5) is 30.7. The maximum atomic E-state index is 13.0. The highest BCUT2D eigenvalue weighted by atomic mass is 32.2. The minimum atomic E-state index is -0.321. The van der Waals surface area contributed by atoms with Crippen LogP contribution in [0.1, 0.15) is 21.2 Å². The molecule has 0 unspecified atom stereocenters. The molecule has 0 saturated carbocycles. The van der Waals surface area contributed by atoms with Gasteiger partial charge in [0.25, 0.3) is 5.91 Å². The Kier molecular flexibility index (Phi) is 5.88. The SMILES string of the molecule is Cc1ccc(Sc2ccc(Sc3nnc[nH]3)nc2C(=O)Nc2csc(C)n2)cn1. The molecule has 4 aromatic heterocycles. The highest BCUT2D eigenvalue weighted by Gasteiger charge is 2.18. The van der Waals surface area contributed by atoms with Gasteiger partial charge in [0.1, 0.15) is 22.9 Å². The summed E-state index contributed by atoms with van der Waals surface area (Å²) in [5.74, 6) is 0.193. The Labute approximate surface area is 179 Å². The Bertz CT molecular complexity index is 1130. The van der Waals surface area contributed by atoms with Gasteiger partial charge in [-0.15, -0.1) is 21.5 Å². The summed E-state index contributed by atoms with van der Waals surface area (Å²) < 4.78 is 0. The number of amides is 1. The Hall–Kier alpha value is -2.76. The number of aromatic amines is 1.